The van der Waals surface area contributed by atoms with E-state index in [-0.39, 0.29) is 22.8 Å². The molecule has 6 nitrogen and oxygen atoms in total. The number of carbonyl (C=O) groups is 1. The van der Waals surface area contributed by atoms with Crippen molar-refractivity contribution in [3.05, 3.63) is 33.3 Å². The summed E-state index contributed by atoms with van der Waals surface area (Å²) in [6, 6.07) is 3.57. The summed E-state index contributed by atoms with van der Waals surface area (Å²) in [4.78, 5) is 23.6. The van der Waals surface area contributed by atoms with Gasteiger partial charge in [-0.05, 0) is 26.8 Å². The summed E-state index contributed by atoms with van der Waals surface area (Å²) in [5.41, 5.74) is 0.440. The molecule has 0 aliphatic heterocycles. The van der Waals surface area contributed by atoms with Crippen molar-refractivity contribution in [1.29, 1.82) is 0 Å². The molecule has 0 bridgehead atoms. The van der Waals surface area contributed by atoms with Crippen LogP contribution in [0.5, 0.6) is 0 Å². The fourth-order valence-electron chi connectivity index (χ4n) is 1.59. The maximum Gasteiger partial charge on any atom is 0.328 e. The molecule has 1 unspecified atom stereocenters. The number of carbonyl (C=O) groups excluding carboxylic acids is 1. The number of halogens is 1. The van der Waals surface area contributed by atoms with Gasteiger partial charge in [-0.3, -0.25) is 10.1 Å². The smallest absolute Gasteiger partial charge is 0.328 e. The Hall–Kier alpha value is -1.82. The van der Waals surface area contributed by atoms with E-state index in [9.17, 15) is 14.9 Å². The van der Waals surface area contributed by atoms with Crippen LogP contribution in [0.2, 0.25) is 5.02 Å². The Morgan fingerprint density at radius 2 is 2.00 bits per heavy atom. The van der Waals surface area contributed by atoms with Crippen LogP contribution >= 0.6 is 11.6 Å². The normalized spacial score (nSPS) is 12.1. The minimum absolute atomic E-state index is 0.0930. The lowest BCUT2D eigenvalue weighted by Gasteiger charge is -2.26. The number of rotatable bonds is 5. The Morgan fingerprint density at radius 3 is 2.45 bits per heavy atom. The van der Waals surface area contributed by atoms with Crippen molar-refractivity contribution >= 4 is 28.9 Å². The number of anilines is 1. The van der Waals surface area contributed by atoms with Gasteiger partial charge in [0.1, 0.15) is 6.04 Å². The number of hydrogen-bond acceptors (Lipinski definition) is 5. The van der Waals surface area contributed by atoms with Gasteiger partial charge in [-0.1, -0.05) is 11.6 Å². The largest absolute Gasteiger partial charge is 0.461 e. The van der Waals surface area contributed by atoms with E-state index in [0.717, 1.165) is 0 Å². The number of non-ortho nitro benzene ring substituents is 1. The summed E-state index contributed by atoms with van der Waals surface area (Å²) in [6.45, 7) is 5.22. The number of nitro groups is 1. The first-order chi connectivity index (χ1) is 9.23. The fourth-order valence-corrected chi connectivity index (χ4v) is 1.90. The van der Waals surface area contributed by atoms with Crippen molar-refractivity contribution in [1.82, 2.24) is 0 Å². The topological polar surface area (TPSA) is 72.7 Å². The zero-order chi connectivity index (χ0) is 15.4. The van der Waals surface area contributed by atoms with Gasteiger partial charge in [0.15, 0.2) is 0 Å². The van der Waals surface area contributed by atoms with Gasteiger partial charge in [0.05, 0.1) is 21.7 Å². The van der Waals surface area contributed by atoms with Gasteiger partial charge in [0.2, 0.25) is 0 Å². The first-order valence-electron chi connectivity index (χ1n) is 6.11. The highest BCUT2D eigenvalue weighted by Gasteiger charge is 2.23. The van der Waals surface area contributed by atoms with Gasteiger partial charge in [-0.15, -0.1) is 0 Å². The lowest BCUT2D eigenvalue weighted by atomic mass is 10.2. The first-order valence-corrected chi connectivity index (χ1v) is 6.49. The fraction of sp³-hybridized carbons (Fsp3) is 0.462. The van der Waals surface area contributed by atoms with Crippen LogP contribution in [0.25, 0.3) is 0 Å². The van der Waals surface area contributed by atoms with E-state index >= 15 is 0 Å². The standard InChI is InChI=1S/C13H17ClN2O4/c1-8(2)20-13(17)9(3)15(4)12-6-5-10(16(18)19)7-11(12)14/h5-9H,1-4H3. The molecule has 0 saturated heterocycles. The molecule has 20 heavy (non-hydrogen) atoms. The van der Waals surface area contributed by atoms with Crippen molar-refractivity contribution < 1.29 is 14.5 Å². The number of hydrogen-bond donors (Lipinski definition) is 0. The molecule has 1 rings (SSSR count). The van der Waals surface area contributed by atoms with E-state index in [1.165, 1.54) is 18.2 Å². The van der Waals surface area contributed by atoms with E-state index in [1.807, 2.05) is 0 Å². The van der Waals surface area contributed by atoms with Crippen LogP contribution in [-0.4, -0.2) is 30.1 Å². The molecule has 1 atom stereocenters. The minimum atomic E-state index is -0.545. The van der Waals surface area contributed by atoms with E-state index in [1.54, 1.807) is 32.7 Å². The Bertz CT molecular complexity index is 519. The molecule has 1 aromatic rings. The number of esters is 1. The third-order valence-corrected chi connectivity index (χ3v) is 3.10. The summed E-state index contributed by atoms with van der Waals surface area (Å²) >= 11 is 6.02. The van der Waals surface area contributed by atoms with E-state index in [4.69, 9.17) is 16.3 Å². The van der Waals surface area contributed by atoms with Crippen LogP contribution in [0.4, 0.5) is 11.4 Å². The first kappa shape index (κ1) is 16.2. The summed E-state index contributed by atoms with van der Waals surface area (Å²) in [5.74, 6) is -0.378. The third kappa shape index (κ3) is 3.84. The van der Waals surface area contributed by atoms with Gasteiger partial charge >= 0.3 is 5.97 Å². The maximum atomic E-state index is 11.8. The number of likely N-dealkylation sites (N-methyl/N-ethyl adjacent to an activating group) is 1. The van der Waals surface area contributed by atoms with Crippen LogP contribution in [0.1, 0.15) is 20.8 Å². The number of nitrogens with zero attached hydrogens (tertiary/aromatic N) is 2. The summed E-state index contributed by atoms with van der Waals surface area (Å²) in [7, 11) is 1.68. The van der Waals surface area contributed by atoms with E-state index in [0.29, 0.717) is 5.69 Å². The van der Waals surface area contributed by atoms with Crippen LogP contribution < -0.4 is 4.90 Å². The highest BCUT2D eigenvalue weighted by Crippen LogP contribution is 2.30. The predicted octanol–water partition coefficient (Wildman–Crippen LogP) is 3.02. The molecule has 0 aliphatic carbocycles. The van der Waals surface area contributed by atoms with Crippen LogP contribution in [-0.2, 0) is 9.53 Å². The average Bonchev–Trinajstić information content (AvgIpc) is 2.35. The summed E-state index contributed by atoms with van der Waals surface area (Å²) in [5, 5.41) is 10.9. The van der Waals surface area contributed by atoms with E-state index < -0.39 is 11.0 Å². The average molecular weight is 301 g/mol. The lowest BCUT2D eigenvalue weighted by Crippen LogP contribution is -2.38. The Labute approximate surface area is 122 Å². The zero-order valence-corrected chi connectivity index (χ0v) is 12.5. The molecule has 1 aromatic carbocycles. The van der Waals surface area contributed by atoms with Crippen molar-refractivity contribution in [2.45, 2.75) is 32.9 Å². The molecular weight excluding hydrogens is 284 g/mol. The maximum absolute atomic E-state index is 11.8. The van der Waals surface area contributed by atoms with Crippen LogP contribution in [0.3, 0.4) is 0 Å². The van der Waals surface area contributed by atoms with E-state index in [2.05, 4.69) is 0 Å². The Balaban J connectivity index is 2.94. The molecular formula is C13H17ClN2O4. The molecule has 0 amide bonds. The van der Waals surface area contributed by atoms with Gasteiger partial charge in [-0.25, -0.2) is 4.79 Å². The molecule has 0 fully saturated rings. The second-order valence-corrected chi connectivity index (χ2v) is 5.07. The highest BCUT2D eigenvalue weighted by atomic mass is 35.5. The Kier molecular flexibility index (Phi) is 5.33. The molecule has 110 valence electrons. The lowest BCUT2D eigenvalue weighted by molar-refractivity contribution is -0.384. The summed E-state index contributed by atoms with van der Waals surface area (Å²) < 4.78 is 5.12. The molecule has 0 radical (unpaired) electrons. The van der Waals surface area contributed by atoms with Gasteiger partial charge < -0.3 is 9.64 Å². The molecule has 0 aliphatic rings. The van der Waals surface area contributed by atoms with Crippen molar-refractivity contribution in [3.8, 4) is 0 Å². The van der Waals surface area contributed by atoms with Crippen molar-refractivity contribution in [2.75, 3.05) is 11.9 Å². The van der Waals surface area contributed by atoms with Crippen molar-refractivity contribution in [2.24, 2.45) is 0 Å². The Morgan fingerprint density at radius 1 is 1.40 bits per heavy atom. The SMILES string of the molecule is CC(C)OC(=O)C(C)N(C)c1ccc([N+](=O)[O-])cc1Cl. The predicted molar refractivity (Wildman–Crippen MR) is 77.2 cm³/mol. The van der Waals surface area contributed by atoms with Gasteiger partial charge in [0.25, 0.3) is 5.69 Å². The molecule has 0 aromatic heterocycles. The molecule has 0 spiro atoms. The highest BCUT2D eigenvalue weighted by molar-refractivity contribution is 6.33. The monoisotopic (exact) mass is 300 g/mol. The number of nitro benzene ring substituents is 1. The minimum Gasteiger partial charge on any atom is -0.461 e. The number of ether oxygens (including phenoxy) is 1. The van der Waals surface area contributed by atoms with Gasteiger partial charge in [0, 0.05) is 19.2 Å². The molecule has 0 saturated carbocycles. The second kappa shape index (κ2) is 6.56. The van der Waals surface area contributed by atoms with Crippen LogP contribution in [0, 0.1) is 10.1 Å². The third-order valence-electron chi connectivity index (χ3n) is 2.80. The summed E-state index contributed by atoms with van der Waals surface area (Å²) in [6.07, 6.45) is -0.203. The molecule has 0 heterocycles. The van der Waals surface area contributed by atoms with Gasteiger partial charge in [-0.2, -0.15) is 0 Å². The second-order valence-electron chi connectivity index (χ2n) is 4.67. The molecule has 0 N–H and O–H groups in total. The number of benzene rings is 1. The zero-order valence-electron chi connectivity index (χ0n) is 11.8. The quantitative estimate of drug-likeness (QED) is 0.475. The van der Waals surface area contributed by atoms with Crippen LogP contribution in [0.15, 0.2) is 18.2 Å². The molecule has 7 heteroatoms. The van der Waals surface area contributed by atoms with Crippen molar-refractivity contribution in [3.63, 3.8) is 0 Å².